The first-order chi connectivity index (χ1) is 16.1. The number of nitrogens with zero attached hydrogens (tertiary/aromatic N) is 4. The maximum absolute atomic E-state index is 13.0. The minimum atomic E-state index is 0.0354. The second-order valence-electron chi connectivity index (χ2n) is 9.33. The zero-order valence-corrected chi connectivity index (χ0v) is 20.4. The van der Waals surface area contributed by atoms with Crippen LogP contribution in [0.1, 0.15) is 57.1 Å². The van der Waals surface area contributed by atoms with Crippen molar-refractivity contribution in [2.24, 2.45) is 5.92 Å². The monoisotopic (exact) mass is 467 g/mol. The quantitative estimate of drug-likeness (QED) is 0.543. The molecule has 1 aliphatic carbocycles. The number of piperidine rings is 1. The van der Waals surface area contributed by atoms with Crippen LogP contribution in [0.4, 0.5) is 5.13 Å². The molecular formula is C25H33N5O2S. The Bertz CT molecular complexity index is 1100. The molecule has 33 heavy (non-hydrogen) atoms. The van der Waals surface area contributed by atoms with Gasteiger partial charge in [0.1, 0.15) is 5.75 Å². The van der Waals surface area contributed by atoms with Crippen LogP contribution in [0.2, 0.25) is 0 Å². The van der Waals surface area contributed by atoms with E-state index in [1.165, 1.54) is 25.7 Å². The molecule has 1 unspecified atom stereocenters. The second-order valence-corrected chi connectivity index (χ2v) is 10.3. The number of rotatable bonds is 5. The number of thiazole rings is 1. The van der Waals surface area contributed by atoms with Crippen LogP contribution in [-0.4, -0.2) is 46.9 Å². The fourth-order valence-corrected chi connectivity index (χ4v) is 6.09. The summed E-state index contributed by atoms with van der Waals surface area (Å²) in [7, 11) is 1.67. The number of anilines is 1. The highest BCUT2D eigenvalue weighted by molar-refractivity contribution is 7.22. The van der Waals surface area contributed by atoms with E-state index in [2.05, 4.69) is 10.2 Å². The first-order valence-corrected chi connectivity index (χ1v) is 13.0. The van der Waals surface area contributed by atoms with Gasteiger partial charge in [0.25, 0.3) is 0 Å². The lowest BCUT2D eigenvalue weighted by Gasteiger charge is -2.32. The Morgan fingerprint density at radius 2 is 1.85 bits per heavy atom. The van der Waals surface area contributed by atoms with Crippen molar-refractivity contribution in [2.75, 3.05) is 25.1 Å². The maximum atomic E-state index is 13.0. The predicted octanol–water partition coefficient (Wildman–Crippen LogP) is 4.85. The first-order valence-electron chi connectivity index (χ1n) is 12.2. The minimum absolute atomic E-state index is 0.0354. The van der Waals surface area contributed by atoms with Crippen LogP contribution in [0.3, 0.4) is 0 Å². The average Bonchev–Trinajstić information content (AvgIpc) is 3.30. The highest BCUT2D eigenvalue weighted by Crippen LogP contribution is 2.34. The normalized spacial score (nSPS) is 20.1. The smallest absolute Gasteiger partial charge is 0.225 e. The Kier molecular flexibility index (Phi) is 6.53. The number of aryl methyl sites for hydroxylation is 1. The Morgan fingerprint density at radius 1 is 1.09 bits per heavy atom. The van der Waals surface area contributed by atoms with Crippen molar-refractivity contribution in [2.45, 2.75) is 64.3 Å². The van der Waals surface area contributed by atoms with Crippen LogP contribution >= 0.6 is 11.3 Å². The van der Waals surface area contributed by atoms with Gasteiger partial charge in [-0.1, -0.05) is 37.0 Å². The number of carbonyl (C=O) groups is 1. The van der Waals surface area contributed by atoms with Gasteiger partial charge in [-0.2, -0.15) is 10.1 Å². The predicted molar refractivity (Wildman–Crippen MR) is 133 cm³/mol. The number of nitrogens with one attached hydrogen (secondary N) is 1. The number of methoxy groups -OCH3 is 1. The zero-order chi connectivity index (χ0) is 22.8. The van der Waals surface area contributed by atoms with E-state index in [0.29, 0.717) is 6.04 Å². The lowest BCUT2D eigenvalue weighted by atomic mass is 9.96. The molecule has 2 aromatic heterocycles. The van der Waals surface area contributed by atoms with E-state index in [9.17, 15) is 4.79 Å². The fraction of sp³-hybridized carbons (Fsp3) is 0.560. The second kappa shape index (κ2) is 9.71. The molecule has 8 heteroatoms. The summed E-state index contributed by atoms with van der Waals surface area (Å²) in [6, 6.07) is 8.23. The van der Waals surface area contributed by atoms with Gasteiger partial charge in [0.05, 0.1) is 29.1 Å². The van der Waals surface area contributed by atoms with E-state index < -0.39 is 0 Å². The summed E-state index contributed by atoms with van der Waals surface area (Å²) in [5.74, 6) is 1.08. The third-order valence-corrected chi connectivity index (χ3v) is 8.17. The van der Waals surface area contributed by atoms with Crippen LogP contribution in [0.25, 0.3) is 16.0 Å². The highest BCUT2D eigenvalue weighted by Gasteiger charge is 2.29. The zero-order valence-electron chi connectivity index (χ0n) is 19.5. The molecule has 2 fully saturated rings. The average molecular weight is 468 g/mol. The third-order valence-electron chi connectivity index (χ3n) is 6.96. The molecule has 3 aromatic rings. The van der Waals surface area contributed by atoms with E-state index in [1.54, 1.807) is 18.4 Å². The number of hydrogen-bond donors (Lipinski definition) is 1. The Balaban J connectivity index is 1.32. The maximum Gasteiger partial charge on any atom is 0.225 e. The van der Waals surface area contributed by atoms with Gasteiger partial charge >= 0.3 is 0 Å². The Labute approximate surface area is 199 Å². The van der Waals surface area contributed by atoms with Gasteiger partial charge in [0, 0.05) is 19.1 Å². The van der Waals surface area contributed by atoms with Crippen molar-refractivity contribution >= 4 is 32.7 Å². The molecule has 1 aromatic carbocycles. The first kappa shape index (κ1) is 22.2. The molecule has 0 radical (unpaired) electrons. The molecule has 1 atom stereocenters. The van der Waals surface area contributed by atoms with Crippen LogP contribution in [0, 0.1) is 12.8 Å². The molecule has 1 saturated heterocycles. The van der Waals surface area contributed by atoms with Gasteiger partial charge in [-0.05, 0) is 56.9 Å². The van der Waals surface area contributed by atoms with Crippen molar-refractivity contribution in [3.8, 4) is 11.4 Å². The topological polar surface area (TPSA) is 72.3 Å². The van der Waals surface area contributed by atoms with E-state index in [0.717, 1.165) is 71.4 Å². The molecule has 0 spiro atoms. The van der Waals surface area contributed by atoms with Gasteiger partial charge in [-0.25, -0.2) is 4.68 Å². The number of ether oxygens (including phenoxy) is 1. The molecule has 1 aliphatic heterocycles. The van der Waals surface area contributed by atoms with E-state index in [-0.39, 0.29) is 11.8 Å². The summed E-state index contributed by atoms with van der Waals surface area (Å²) in [4.78, 5) is 20.3. The fourth-order valence-electron chi connectivity index (χ4n) is 5.07. The summed E-state index contributed by atoms with van der Waals surface area (Å²) in [6.07, 6.45) is 9.29. The molecule has 0 bridgehead atoms. The van der Waals surface area contributed by atoms with Crippen LogP contribution in [0.5, 0.6) is 5.75 Å². The molecule has 5 rings (SSSR count). The standard InChI is InChI=1S/C25H33N5O2S/c1-17-22-23(30(28-17)20-11-13-21(32-2)14-12-20)27-25(33-22)29-15-7-8-18(16-29)24(31)26-19-9-5-3-4-6-10-19/h11-14,18-19H,3-10,15-16H2,1-2H3,(H,26,31). The van der Waals surface area contributed by atoms with Gasteiger partial charge in [-0.15, -0.1) is 0 Å². The van der Waals surface area contributed by atoms with Gasteiger partial charge in [-0.3, -0.25) is 4.79 Å². The number of hydrogen-bond acceptors (Lipinski definition) is 6. The highest BCUT2D eigenvalue weighted by atomic mass is 32.1. The lowest BCUT2D eigenvalue weighted by molar-refractivity contribution is -0.126. The van der Waals surface area contributed by atoms with Crippen molar-refractivity contribution in [3.05, 3.63) is 30.0 Å². The summed E-state index contributed by atoms with van der Waals surface area (Å²) < 4.78 is 8.29. The largest absolute Gasteiger partial charge is 0.497 e. The van der Waals surface area contributed by atoms with E-state index in [4.69, 9.17) is 14.8 Å². The number of fused-ring (bicyclic) bond motifs is 1. The van der Waals surface area contributed by atoms with Crippen molar-refractivity contribution in [1.29, 1.82) is 0 Å². The van der Waals surface area contributed by atoms with Crippen molar-refractivity contribution in [3.63, 3.8) is 0 Å². The number of amides is 1. The SMILES string of the molecule is COc1ccc(-n2nc(C)c3sc(N4CCCC(C(=O)NC5CCCCCC5)C4)nc32)cc1. The summed E-state index contributed by atoms with van der Waals surface area (Å²) in [5.41, 5.74) is 2.82. The summed E-state index contributed by atoms with van der Waals surface area (Å²) in [6.45, 7) is 3.71. The van der Waals surface area contributed by atoms with E-state index in [1.807, 2.05) is 35.9 Å². The van der Waals surface area contributed by atoms with E-state index >= 15 is 0 Å². The van der Waals surface area contributed by atoms with Crippen LogP contribution < -0.4 is 15.0 Å². The molecule has 176 valence electrons. The Morgan fingerprint density at radius 3 is 2.58 bits per heavy atom. The minimum Gasteiger partial charge on any atom is -0.497 e. The lowest BCUT2D eigenvalue weighted by Crippen LogP contribution is -2.46. The van der Waals surface area contributed by atoms with Gasteiger partial charge in [0.2, 0.25) is 5.91 Å². The van der Waals surface area contributed by atoms with Gasteiger partial charge < -0.3 is 15.0 Å². The van der Waals surface area contributed by atoms with Crippen molar-refractivity contribution < 1.29 is 9.53 Å². The molecule has 3 heterocycles. The number of benzene rings is 1. The molecule has 7 nitrogen and oxygen atoms in total. The third kappa shape index (κ3) is 4.71. The molecule has 2 aliphatic rings. The summed E-state index contributed by atoms with van der Waals surface area (Å²) in [5, 5.41) is 9.07. The Hall–Kier alpha value is -2.61. The molecule has 1 N–H and O–H groups in total. The van der Waals surface area contributed by atoms with Crippen molar-refractivity contribution in [1.82, 2.24) is 20.1 Å². The van der Waals surface area contributed by atoms with Crippen LogP contribution in [-0.2, 0) is 4.79 Å². The molecular weight excluding hydrogens is 434 g/mol. The van der Waals surface area contributed by atoms with Crippen LogP contribution in [0.15, 0.2) is 24.3 Å². The number of carbonyl (C=O) groups excluding carboxylic acids is 1. The van der Waals surface area contributed by atoms with Gasteiger partial charge in [0.15, 0.2) is 10.8 Å². The summed E-state index contributed by atoms with van der Waals surface area (Å²) >= 11 is 1.68. The molecule has 1 amide bonds. The molecule has 1 saturated carbocycles. The number of aromatic nitrogens is 3.